The molecular weight excluding hydrogens is 427 g/mol. The van der Waals surface area contributed by atoms with Gasteiger partial charge in [0.25, 0.3) is 10.0 Å². The van der Waals surface area contributed by atoms with Crippen molar-refractivity contribution in [1.82, 2.24) is 0 Å². The second-order valence-electron chi connectivity index (χ2n) is 4.11. The van der Waals surface area contributed by atoms with Gasteiger partial charge in [-0.2, -0.15) is 0 Å². The van der Waals surface area contributed by atoms with Crippen molar-refractivity contribution in [3.05, 3.63) is 52.1 Å². The molecule has 0 bridgehead atoms. The van der Waals surface area contributed by atoms with Crippen LogP contribution in [0.1, 0.15) is 0 Å². The van der Waals surface area contributed by atoms with Gasteiger partial charge >= 0.3 is 0 Å². The molecule has 0 unspecified atom stereocenters. The van der Waals surface area contributed by atoms with E-state index in [1.807, 2.05) is 22.6 Å². The van der Waals surface area contributed by atoms with Gasteiger partial charge in [-0.3, -0.25) is 4.72 Å². The molecule has 0 aliphatic heterocycles. The Labute approximate surface area is 136 Å². The SMILES string of the molecule is NS(=O)(=O)c1cccc(S(=O)(=O)Nc2ccccc2I)c1. The summed E-state index contributed by atoms with van der Waals surface area (Å²) in [4.78, 5) is -0.429. The van der Waals surface area contributed by atoms with Crippen molar-refractivity contribution in [1.29, 1.82) is 0 Å². The molecule has 0 spiro atoms. The van der Waals surface area contributed by atoms with Crippen LogP contribution in [0.2, 0.25) is 0 Å². The van der Waals surface area contributed by atoms with E-state index in [4.69, 9.17) is 5.14 Å². The van der Waals surface area contributed by atoms with Gasteiger partial charge in [-0.05, 0) is 52.9 Å². The Morgan fingerprint density at radius 2 is 1.52 bits per heavy atom. The summed E-state index contributed by atoms with van der Waals surface area (Å²) >= 11 is 2.00. The van der Waals surface area contributed by atoms with Crippen LogP contribution < -0.4 is 9.86 Å². The highest BCUT2D eigenvalue weighted by atomic mass is 127. The highest BCUT2D eigenvalue weighted by Crippen LogP contribution is 2.22. The number of nitrogens with two attached hydrogens (primary N) is 1. The molecular formula is C12H11IN2O4S2. The molecule has 21 heavy (non-hydrogen) atoms. The van der Waals surface area contributed by atoms with Gasteiger partial charge < -0.3 is 0 Å². The van der Waals surface area contributed by atoms with Gasteiger partial charge in [0.2, 0.25) is 10.0 Å². The van der Waals surface area contributed by atoms with Crippen LogP contribution in [0.15, 0.2) is 58.3 Å². The molecule has 6 nitrogen and oxygen atoms in total. The third-order valence-corrected chi connectivity index (χ3v) is 5.78. The van der Waals surface area contributed by atoms with Crippen molar-refractivity contribution in [2.45, 2.75) is 9.79 Å². The number of sulfonamides is 2. The van der Waals surface area contributed by atoms with Gasteiger partial charge in [0.05, 0.1) is 15.5 Å². The van der Waals surface area contributed by atoms with E-state index >= 15 is 0 Å². The van der Waals surface area contributed by atoms with E-state index in [2.05, 4.69) is 4.72 Å². The largest absolute Gasteiger partial charge is 0.279 e. The minimum atomic E-state index is -3.96. The lowest BCUT2D eigenvalue weighted by atomic mass is 10.3. The number of hydrogen-bond acceptors (Lipinski definition) is 4. The lowest BCUT2D eigenvalue weighted by Crippen LogP contribution is -2.16. The number of rotatable bonds is 4. The van der Waals surface area contributed by atoms with Crippen LogP contribution >= 0.6 is 22.6 Å². The van der Waals surface area contributed by atoms with Crippen LogP contribution in [-0.2, 0) is 20.0 Å². The van der Waals surface area contributed by atoms with E-state index in [9.17, 15) is 16.8 Å². The lowest BCUT2D eigenvalue weighted by Gasteiger charge is -2.10. The van der Waals surface area contributed by atoms with Crippen molar-refractivity contribution in [3.8, 4) is 0 Å². The van der Waals surface area contributed by atoms with Crippen molar-refractivity contribution in [2.75, 3.05) is 4.72 Å². The fourth-order valence-electron chi connectivity index (χ4n) is 1.57. The molecule has 2 rings (SSSR count). The van der Waals surface area contributed by atoms with Crippen LogP contribution in [0.5, 0.6) is 0 Å². The predicted octanol–water partition coefficient (Wildman–Crippen LogP) is 1.74. The summed E-state index contributed by atoms with van der Waals surface area (Å²) in [5.74, 6) is 0. The Kier molecular flexibility index (Phi) is 4.56. The minimum absolute atomic E-state index is 0.173. The molecule has 0 amide bonds. The Morgan fingerprint density at radius 1 is 0.905 bits per heavy atom. The van der Waals surface area contributed by atoms with Gasteiger partial charge in [0.1, 0.15) is 0 Å². The molecule has 0 saturated heterocycles. The molecule has 9 heteroatoms. The topological polar surface area (TPSA) is 106 Å². The van der Waals surface area contributed by atoms with Gasteiger partial charge in [-0.1, -0.05) is 18.2 Å². The van der Waals surface area contributed by atoms with E-state index < -0.39 is 20.0 Å². The maximum absolute atomic E-state index is 12.3. The number of hydrogen-bond donors (Lipinski definition) is 2. The number of primary sulfonamides is 1. The number of halogens is 1. The molecule has 0 aliphatic rings. The molecule has 0 atom stereocenters. The first-order valence-electron chi connectivity index (χ1n) is 5.60. The molecule has 3 N–H and O–H groups in total. The Hall–Kier alpha value is -1.17. The third kappa shape index (κ3) is 3.93. The fourth-order valence-corrected chi connectivity index (χ4v) is 4.03. The van der Waals surface area contributed by atoms with Gasteiger partial charge in [-0.25, -0.2) is 22.0 Å². The number of benzene rings is 2. The average Bonchev–Trinajstić information content (AvgIpc) is 2.40. The highest BCUT2D eigenvalue weighted by molar-refractivity contribution is 14.1. The minimum Gasteiger partial charge on any atom is -0.279 e. The van der Waals surface area contributed by atoms with Crippen LogP contribution in [0.25, 0.3) is 0 Å². The lowest BCUT2D eigenvalue weighted by molar-refractivity contribution is 0.597. The second kappa shape index (κ2) is 5.91. The molecule has 112 valence electrons. The first-order chi connectivity index (χ1) is 9.70. The van der Waals surface area contributed by atoms with Crippen LogP contribution in [0.4, 0.5) is 5.69 Å². The second-order valence-corrected chi connectivity index (χ2v) is 8.51. The summed E-state index contributed by atoms with van der Waals surface area (Å²) in [5.41, 5.74) is 0.416. The molecule has 0 fully saturated rings. The van der Waals surface area contributed by atoms with Gasteiger partial charge in [0, 0.05) is 3.57 Å². The summed E-state index contributed by atoms with van der Waals surface area (Å²) in [5, 5.41) is 5.00. The van der Waals surface area contributed by atoms with Gasteiger partial charge in [-0.15, -0.1) is 0 Å². The quantitative estimate of drug-likeness (QED) is 0.710. The molecule has 0 heterocycles. The first-order valence-corrected chi connectivity index (χ1v) is 9.71. The summed E-state index contributed by atoms with van der Waals surface area (Å²) in [6, 6.07) is 11.7. The summed E-state index contributed by atoms with van der Waals surface area (Å²) in [7, 11) is -7.85. The zero-order valence-corrected chi connectivity index (χ0v) is 14.3. The number of para-hydroxylation sites is 1. The Balaban J connectivity index is 2.44. The predicted molar refractivity (Wildman–Crippen MR) is 87.8 cm³/mol. The highest BCUT2D eigenvalue weighted by Gasteiger charge is 2.18. The summed E-state index contributed by atoms with van der Waals surface area (Å²) in [6.45, 7) is 0. The third-order valence-electron chi connectivity index (χ3n) is 2.56. The van der Waals surface area contributed by atoms with Crippen molar-refractivity contribution >= 4 is 48.3 Å². The zero-order chi connectivity index (χ0) is 15.7. The van der Waals surface area contributed by atoms with E-state index in [1.165, 1.54) is 18.2 Å². The number of nitrogens with one attached hydrogen (secondary N) is 1. The van der Waals surface area contributed by atoms with E-state index in [0.29, 0.717) is 5.69 Å². The first kappa shape index (κ1) is 16.2. The molecule has 0 radical (unpaired) electrons. The van der Waals surface area contributed by atoms with Gasteiger partial charge in [0.15, 0.2) is 0 Å². The molecule has 0 saturated carbocycles. The summed E-state index contributed by atoms with van der Waals surface area (Å²) in [6.07, 6.45) is 0. The zero-order valence-electron chi connectivity index (χ0n) is 10.5. The van der Waals surface area contributed by atoms with E-state index in [1.54, 1.807) is 24.3 Å². The maximum atomic E-state index is 12.3. The fraction of sp³-hybridized carbons (Fsp3) is 0. The standard InChI is InChI=1S/C12H11IN2O4S2/c13-11-6-1-2-7-12(11)15-21(18,19)10-5-3-4-9(8-10)20(14,16)17/h1-8,15H,(H2,14,16,17). The van der Waals surface area contributed by atoms with Crippen molar-refractivity contribution in [3.63, 3.8) is 0 Å². The molecule has 2 aromatic rings. The Morgan fingerprint density at radius 3 is 2.14 bits per heavy atom. The van der Waals surface area contributed by atoms with Crippen molar-refractivity contribution in [2.24, 2.45) is 5.14 Å². The smallest absolute Gasteiger partial charge is 0.261 e. The Bertz CT molecular complexity index is 880. The van der Waals surface area contributed by atoms with Crippen LogP contribution in [0, 0.1) is 3.57 Å². The normalized spacial score (nSPS) is 12.1. The molecule has 0 aliphatic carbocycles. The average molecular weight is 438 g/mol. The van der Waals surface area contributed by atoms with E-state index in [-0.39, 0.29) is 9.79 Å². The van der Waals surface area contributed by atoms with Crippen molar-refractivity contribution < 1.29 is 16.8 Å². The van der Waals surface area contributed by atoms with E-state index in [0.717, 1.165) is 9.64 Å². The molecule has 0 aromatic heterocycles. The monoisotopic (exact) mass is 438 g/mol. The maximum Gasteiger partial charge on any atom is 0.261 e. The molecule has 2 aromatic carbocycles. The van der Waals surface area contributed by atoms with Crippen LogP contribution in [-0.4, -0.2) is 16.8 Å². The van der Waals surface area contributed by atoms with Crippen LogP contribution in [0.3, 0.4) is 0 Å². The summed E-state index contributed by atoms with van der Waals surface area (Å²) < 4.78 is 50.3. The number of anilines is 1.